The minimum Gasteiger partial charge on any atom is -0.495 e. The highest BCUT2D eigenvalue weighted by atomic mass is 16.5. The Balaban J connectivity index is 1.47. The molecule has 2 heterocycles. The van der Waals surface area contributed by atoms with Crippen molar-refractivity contribution < 1.29 is 14.3 Å². The first-order chi connectivity index (χ1) is 13.1. The van der Waals surface area contributed by atoms with Crippen LogP contribution in [0, 0.1) is 12.8 Å². The molecule has 6 nitrogen and oxygen atoms in total. The van der Waals surface area contributed by atoms with Crippen LogP contribution in [0.15, 0.2) is 18.2 Å². The van der Waals surface area contributed by atoms with Gasteiger partial charge >= 0.3 is 0 Å². The lowest BCUT2D eigenvalue weighted by Crippen LogP contribution is -2.45. The third-order valence-corrected chi connectivity index (χ3v) is 5.60. The first kappa shape index (κ1) is 19.7. The maximum atomic E-state index is 12.6. The Morgan fingerprint density at radius 3 is 2.48 bits per heavy atom. The highest BCUT2D eigenvalue weighted by Crippen LogP contribution is 2.26. The van der Waals surface area contributed by atoms with E-state index in [9.17, 15) is 9.59 Å². The smallest absolute Gasteiger partial charge is 0.238 e. The molecule has 0 atom stereocenters. The Morgan fingerprint density at radius 2 is 1.81 bits per heavy atom. The van der Waals surface area contributed by atoms with Crippen LogP contribution >= 0.6 is 0 Å². The highest BCUT2D eigenvalue weighted by molar-refractivity contribution is 5.93. The summed E-state index contributed by atoms with van der Waals surface area (Å²) in [5.41, 5.74) is 1.78. The Morgan fingerprint density at radius 1 is 1.11 bits per heavy atom. The zero-order valence-electron chi connectivity index (χ0n) is 16.5. The number of likely N-dealkylation sites (tertiary alicyclic amines) is 2. The quantitative estimate of drug-likeness (QED) is 0.862. The van der Waals surface area contributed by atoms with E-state index in [1.54, 1.807) is 7.11 Å². The topological polar surface area (TPSA) is 61.9 Å². The number of piperidine rings is 2. The molecule has 1 aromatic rings. The number of hydrogen-bond donors (Lipinski definition) is 1. The van der Waals surface area contributed by atoms with Gasteiger partial charge in [-0.1, -0.05) is 6.07 Å². The van der Waals surface area contributed by atoms with E-state index in [2.05, 4.69) is 10.2 Å². The van der Waals surface area contributed by atoms with Gasteiger partial charge in [-0.15, -0.1) is 0 Å². The predicted molar refractivity (Wildman–Crippen MR) is 106 cm³/mol. The summed E-state index contributed by atoms with van der Waals surface area (Å²) >= 11 is 0. The normalized spacial score (nSPS) is 19.0. The third-order valence-electron chi connectivity index (χ3n) is 5.60. The number of carbonyl (C=O) groups is 2. The Hall–Kier alpha value is -2.08. The summed E-state index contributed by atoms with van der Waals surface area (Å²) in [5, 5.41) is 2.95. The minimum absolute atomic E-state index is 0.0419. The number of amides is 2. The van der Waals surface area contributed by atoms with Crippen molar-refractivity contribution in [3.05, 3.63) is 23.8 Å². The number of rotatable bonds is 5. The predicted octanol–water partition coefficient (Wildman–Crippen LogP) is 2.67. The van der Waals surface area contributed by atoms with E-state index in [4.69, 9.17) is 4.74 Å². The number of carbonyl (C=O) groups excluding carboxylic acids is 2. The lowest BCUT2D eigenvalue weighted by Gasteiger charge is -2.35. The van der Waals surface area contributed by atoms with Crippen molar-refractivity contribution in [2.75, 3.05) is 45.2 Å². The van der Waals surface area contributed by atoms with Crippen molar-refractivity contribution in [3.8, 4) is 5.75 Å². The lowest BCUT2D eigenvalue weighted by molar-refractivity contribution is -0.138. The van der Waals surface area contributed by atoms with Gasteiger partial charge in [0.05, 0.1) is 19.3 Å². The molecular weight excluding hydrogens is 342 g/mol. The van der Waals surface area contributed by atoms with Crippen LogP contribution in [-0.4, -0.2) is 61.4 Å². The molecule has 0 aromatic heterocycles. The summed E-state index contributed by atoms with van der Waals surface area (Å²) in [6, 6.07) is 5.74. The molecule has 2 fully saturated rings. The first-order valence-corrected chi connectivity index (χ1v) is 10.0. The minimum atomic E-state index is -0.0419. The van der Waals surface area contributed by atoms with Crippen LogP contribution in [0.2, 0.25) is 0 Å². The molecule has 2 saturated heterocycles. The Bertz CT molecular complexity index is 663. The summed E-state index contributed by atoms with van der Waals surface area (Å²) in [6.07, 6.45) is 5.19. The van der Waals surface area contributed by atoms with Crippen LogP contribution in [0.5, 0.6) is 5.75 Å². The van der Waals surface area contributed by atoms with E-state index in [1.807, 2.05) is 30.0 Å². The van der Waals surface area contributed by atoms with Gasteiger partial charge in [0.25, 0.3) is 0 Å². The van der Waals surface area contributed by atoms with E-state index >= 15 is 0 Å². The number of ether oxygens (including phenoxy) is 1. The summed E-state index contributed by atoms with van der Waals surface area (Å²) in [5.74, 6) is 1.07. The van der Waals surface area contributed by atoms with Crippen LogP contribution in [0.1, 0.15) is 37.7 Å². The summed E-state index contributed by atoms with van der Waals surface area (Å²) in [6.45, 7) is 5.76. The maximum absolute atomic E-state index is 12.6. The molecule has 0 spiro atoms. The number of benzene rings is 1. The van der Waals surface area contributed by atoms with Gasteiger partial charge in [0.15, 0.2) is 0 Å². The standard InChI is InChI=1S/C21H31N3O3/c1-16-6-7-19(27-2)18(14-16)22-20(25)15-23-12-8-17(9-13-23)21(26)24-10-4-3-5-11-24/h6-7,14,17H,3-5,8-13,15H2,1-2H3,(H,22,25). The number of hydrogen-bond acceptors (Lipinski definition) is 4. The molecule has 3 rings (SSSR count). The molecule has 27 heavy (non-hydrogen) atoms. The number of nitrogens with zero attached hydrogens (tertiary/aromatic N) is 2. The third kappa shape index (κ3) is 5.22. The highest BCUT2D eigenvalue weighted by Gasteiger charge is 2.29. The van der Waals surface area contributed by atoms with Gasteiger partial charge in [-0.25, -0.2) is 0 Å². The van der Waals surface area contributed by atoms with Gasteiger partial charge in [-0.3, -0.25) is 14.5 Å². The fourth-order valence-corrected chi connectivity index (χ4v) is 4.02. The number of aryl methyl sites for hydroxylation is 1. The average Bonchev–Trinajstić information content (AvgIpc) is 2.69. The van der Waals surface area contributed by atoms with Crippen molar-refractivity contribution >= 4 is 17.5 Å². The molecule has 0 unspecified atom stereocenters. The zero-order chi connectivity index (χ0) is 19.2. The Labute approximate surface area is 161 Å². The van der Waals surface area contributed by atoms with Crippen LogP contribution in [0.4, 0.5) is 5.69 Å². The van der Waals surface area contributed by atoms with Crippen molar-refractivity contribution in [1.29, 1.82) is 0 Å². The molecule has 1 aromatic carbocycles. The molecule has 0 saturated carbocycles. The van der Waals surface area contributed by atoms with E-state index in [-0.39, 0.29) is 11.8 Å². The van der Waals surface area contributed by atoms with E-state index < -0.39 is 0 Å². The number of methoxy groups -OCH3 is 1. The maximum Gasteiger partial charge on any atom is 0.238 e. The van der Waals surface area contributed by atoms with E-state index in [0.29, 0.717) is 23.9 Å². The monoisotopic (exact) mass is 373 g/mol. The van der Waals surface area contributed by atoms with Gasteiger partial charge < -0.3 is 15.0 Å². The van der Waals surface area contributed by atoms with E-state index in [0.717, 1.165) is 57.4 Å². The first-order valence-electron chi connectivity index (χ1n) is 10.0. The number of nitrogens with one attached hydrogen (secondary N) is 1. The molecule has 1 N–H and O–H groups in total. The van der Waals surface area contributed by atoms with Gasteiger partial charge in [0, 0.05) is 19.0 Å². The van der Waals surface area contributed by atoms with E-state index in [1.165, 1.54) is 6.42 Å². The van der Waals surface area contributed by atoms with Crippen LogP contribution < -0.4 is 10.1 Å². The van der Waals surface area contributed by atoms with Crippen LogP contribution in [0.3, 0.4) is 0 Å². The van der Waals surface area contributed by atoms with Crippen LogP contribution in [-0.2, 0) is 9.59 Å². The molecule has 148 valence electrons. The van der Waals surface area contributed by atoms with Crippen molar-refractivity contribution in [1.82, 2.24) is 9.80 Å². The second-order valence-corrected chi connectivity index (χ2v) is 7.69. The number of anilines is 1. The molecule has 2 amide bonds. The zero-order valence-corrected chi connectivity index (χ0v) is 16.5. The second-order valence-electron chi connectivity index (χ2n) is 7.69. The summed E-state index contributed by atoms with van der Waals surface area (Å²) < 4.78 is 5.32. The average molecular weight is 373 g/mol. The largest absolute Gasteiger partial charge is 0.495 e. The fourth-order valence-electron chi connectivity index (χ4n) is 4.02. The molecule has 2 aliphatic heterocycles. The molecule has 0 radical (unpaired) electrons. The Kier molecular flexibility index (Phi) is 6.72. The van der Waals surface area contributed by atoms with Crippen molar-refractivity contribution in [2.24, 2.45) is 5.92 Å². The second kappa shape index (κ2) is 9.22. The van der Waals surface area contributed by atoms with Crippen LogP contribution in [0.25, 0.3) is 0 Å². The van der Waals surface area contributed by atoms with Crippen molar-refractivity contribution in [2.45, 2.75) is 39.0 Å². The van der Waals surface area contributed by atoms with Gasteiger partial charge in [0.1, 0.15) is 5.75 Å². The van der Waals surface area contributed by atoms with Crippen molar-refractivity contribution in [3.63, 3.8) is 0 Å². The van der Waals surface area contributed by atoms with Gasteiger partial charge in [-0.2, -0.15) is 0 Å². The lowest BCUT2D eigenvalue weighted by atomic mass is 9.94. The SMILES string of the molecule is COc1ccc(C)cc1NC(=O)CN1CCC(C(=O)N2CCCCC2)CC1. The molecule has 0 aliphatic carbocycles. The summed E-state index contributed by atoms with van der Waals surface area (Å²) in [7, 11) is 1.60. The van der Waals surface area contributed by atoms with Gasteiger partial charge in [-0.05, 0) is 69.8 Å². The molecule has 0 bridgehead atoms. The molecule has 6 heteroatoms. The fraction of sp³-hybridized carbons (Fsp3) is 0.619. The molecular formula is C21H31N3O3. The molecule has 2 aliphatic rings. The summed E-state index contributed by atoms with van der Waals surface area (Å²) in [4.78, 5) is 29.3. The van der Waals surface area contributed by atoms with Gasteiger partial charge in [0.2, 0.25) is 11.8 Å².